The Balaban J connectivity index is 2.27. The zero-order valence-corrected chi connectivity index (χ0v) is 15.0. The zero-order chi connectivity index (χ0) is 17.3. The summed E-state index contributed by atoms with van der Waals surface area (Å²) in [5.41, 5.74) is 2.51. The number of carbonyl (C=O) groups is 1. The Morgan fingerprint density at radius 3 is 2.70 bits per heavy atom. The van der Waals surface area contributed by atoms with Crippen molar-refractivity contribution in [2.24, 2.45) is 22.7 Å². The Morgan fingerprint density at radius 1 is 1.39 bits per heavy atom. The van der Waals surface area contributed by atoms with Crippen LogP contribution in [0.25, 0.3) is 0 Å². The van der Waals surface area contributed by atoms with Gasteiger partial charge in [-0.3, -0.25) is 4.79 Å². The molecule has 23 heavy (non-hydrogen) atoms. The number of hydrogen-bond acceptors (Lipinski definition) is 2. The number of aliphatic hydroxyl groups is 1. The summed E-state index contributed by atoms with van der Waals surface area (Å²) in [7, 11) is 0. The Kier molecular flexibility index (Phi) is 5.23. The smallest absolute Gasteiger partial charge is 0.142 e. The standard InChI is InChI=1S/C21H32O2/c1-15(11-14-22)7-9-18-16(2)8-10-19-20(4,17(3)23)12-6-13-21(18,19)5/h11,14,18-19,23H,2-3,6-10,12-13H2,1,4-5H3/b15-11+/t18-,19+,20+,21+/m0/s1. The Hall–Kier alpha value is -1.31. The number of fused-ring (bicyclic) bond motifs is 1. The lowest BCUT2D eigenvalue weighted by atomic mass is 9.46. The molecular weight excluding hydrogens is 284 g/mol. The highest BCUT2D eigenvalue weighted by Crippen LogP contribution is 2.63. The molecule has 0 radical (unpaired) electrons. The quantitative estimate of drug-likeness (QED) is 0.303. The molecule has 1 N–H and O–H groups in total. The van der Waals surface area contributed by atoms with Gasteiger partial charge in [0.2, 0.25) is 0 Å². The van der Waals surface area contributed by atoms with E-state index in [-0.39, 0.29) is 10.8 Å². The predicted octanol–water partition coefficient (Wildman–Crippen LogP) is 5.76. The first-order chi connectivity index (χ1) is 10.8. The van der Waals surface area contributed by atoms with Gasteiger partial charge in [-0.25, -0.2) is 0 Å². The van der Waals surface area contributed by atoms with Crippen LogP contribution >= 0.6 is 0 Å². The molecule has 2 fully saturated rings. The van der Waals surface area contributed by atoms with E-state index in [2.05, 4.69) is 27.0 Å². The molecule has 2 nitrogen and oxygen atoms in total. The van der Waals surface area contributed by atoms with Crippen molar-refractivity contribution in [2.75, 3.05) is 0 Å². The summed E-state index contributed by atoms with van der Waals surface area (Å²) in [5, 5.41) is 10.3. The normalized spacial score (nSPS) is 38.0. The molecule has 0 amide bonds. The molecule has 0 aromatic carbocycles. The number of aldehydes is 1. The van der Waals surface area contributed by atoms with E-state index in [1.165, 1.54) is 12.0 Å². The summed E-state index contributed by atoms with van der Waals surface area (Å²) in [6.07, 6.45) is 10.1. The monoisotopic (exact) mass is 316 g/mol. The molecule has 0 heterocycles. The molecule has 2 rings (SSSR count). The van der Waals surface area contributed by atoms with E-state index in [1.54, 1.807) is 6.08 Å². The minimum Gasteiger partial charge on any atom is -0.512 e. The Labute approximate surface area is 141 Å². The van der Waals surface area contributed by atoms with Gasteiger partial charge in [-0.1, -0.05) is 44.6 Å². The van der Waals surface area contributed by atoms with Gasteiger partial charge in [-0.05, 0) is 68.8 Å². The second-order valence-corrected chi connectivity index (χ2v) is 8.21. The fraction of sp³-hybridized carbons (Fsp3) is 0.667. The lowest BCUT2D eigenvalue weighted by Crippen LogP contribution is -2.51. The van der Waals surface area contributed by atoms with Crippen molar-refractivity contribution in [3.8, 4) is 0 Å². The molecule has 0 bridgehead atoms. The average molecular weight is 316 g/mol. The van der Waals surface area contributed by atoms with Crippen molar-refractivity contribution in [2.45, 2.75) is 65.7 Å². The van der Waals surface area contributed by atoms with Crippen LogP contribution in [0.2, 0.25) is 0 Å². The fourth-order valence-corrected chi connectivity index (χ4v) is 5.40. The first kappa shape index (κ1) is 18.0. The third-order valence-corrected chi connectivity index (χ3v) is 6.86. The van der Waals surface area contributed by atoms with Crippen molar-refractivity contribution in [1.82, 2.24) is 0 Å². The maximum Gasteiger partial charge on any atom is 0.142 e. The molecule has 2 heteroatoms. The van der Waals surface area contributed by atoms with E-state index < -0.39 is 0 Å². The van der Waals surface area contributed by atoms with E-state index >= 15 is 0 Å². The minimum atomic E-state index is -0.167. The van der Waals surface area contributed by atoms with E-state index in [1.807, 2.05) is 6.92 Å². The minimum absolute atomic E-state index is 0.167. The van der Waals surface area contributed by atoms with Gasteiger partial charge in [0, 0.05) is 5.41 Å². The SMILES string of the molecule is C=C1CC[C@H]2[C@](C)(CCC[C@]2(C)C(=C)O)[C@H]1CC/C(C)=C/C=O. The van der Waals surface area contributed by atoms with Crippen LogP contribution in [0.5, 0.6) is 0 Å². The highest BCUT2D eigenvalue weighted by molar-refractivity contribution is 5.65. The highest BCUT2D eigenvalue weighted by Gasteiger charge is 2.55. The molecule has 2 aliphatic rings. The van der Waals surface area contributed by atoms with Crippen LogP contribution in [0.15, 0.2) is 36.1 Å². The largest absolute Gasteiger partial charge is 0.512 e. The van der Waals surface area contributed by atoms with Crippen molar-refractivity contribution < 1.29 is 9.90 Å². The van der Waals surface area contributed by atoms with Crippen molar-refractivity contribution >= 4 is 6.29 Å². The fourth-order valence-electron chi connectivity index (χ4n) is 5.40. The van der Waals surface area contributed by atoms with Crippen LogP contribution in [0.4, 0.5) is 0 Å². The molecule has 2 aliphatic carbocycles. The van der Waals surface area contributed by atoms with E-state index in [4.69, 9.17) is 0 Å². The molecule has 128 valence electrons. The second-order valence-electron chi connectivity index (χ2n) is 8.21. The summed E-state index contributed by atoms with van der Waals surface area (Å²) >= 11 is 0. The van der Waals surface area contributed by atoms with Crippen LogP contribution in [0, 0.1) is 22.7 Å². The van der Waals surface area contributed by atoms with Gasteiger partial charge in [0.15, 0.2) is 0 Å². The number of rotatable bonds is 5. The summed E-state index contributed by atoms with van der Waals surface area (Å²) in [6, 6.07) is 0. The van der Waals surface area contributed by atoms with Crippen molar-refractivity contribution in [3.63, 3.8) is 0 Å². The summed E-state index contributed by atoms with van der Waals surface area (Å²) in [6.45, 7) is 14.9. The molecule has 0 unspecified atom stereocenters. The Bertz CT molecular complexity index is 530. The summed E-state index contributed by atoms with van der Waals surface area (Å²) < 4.78 is 0. The van der Waals surface area contributed by atoms with Gasteiger partial charge >= 0.3 is 0 Å². The lowest BCUT2D eigenvalue weighted by Gasteiger charge is -2.58. The number of hydrogen-bond donors (Lipinski definition) is 1. The van der Waals surface area contributed by atoms with Crippen molar-refractivity contribution in [3.05, 3.63) is 36.1 Å². The summed E-state index contributed by atoms with van der Waals surface area (Å²) in [4.78, 5) is 10.7. The first-order valence-electron chi connectivity index (χ1n) is 8.92. The maximum absolute atomic E-state index is 10.7. The molecule has 0 aliphatic heterocycles. The number of allylic oxidation sites excluding steroid dienone is 4. The highest BCUT2D eigenvalue weighted by atomic mass is 16.3. The first-order valence-corrected chi connectivity index (χ1v) is 8.92. The molecule has 0 aromatic rings. The van der Waals surface area contributed by atoms with Gasteiger partial charge in [-0.2, -0.15) is 0 Å². The van der Waals surface area contributed by atoms with Gasteiger partial charge in [0.1, 0.15) is 6.29 Å². The van der Waals surface area contributed by atoms with Crippen LogP contribution in [-0.4, -0.2) is 11.4 Å². The van der Waals surface area contributed by atoms with Crippen LogP contribution in [0.1, 0.15) is 65.7 Å². The second kappa shape index (κ2) is 6.67. The van der Waals surface area contributed by atoms with Crippen LogP contribution < -0.4 is 0 Å². The molecule has 0 saturated heterocycles. The topological polar surface area (TPSA) is 37.3 Å². The van der Waals surface area contributed by atoms with E-state index in [9.17, 15) is 9.90 Å². The van der Waals surface area contributed by atoms with E-state index in [0.29, 0.717) is 17.6 Å². The molecule has 2 saturated carbocycles. The van der Waals surface area contributed by atoms with Crippen LogP contribution in [0.3, 0.4) is 0 Å². The van der Waals surface area contributed by atoms with Gasteiger partial charge in [0.25, 0.3) is 0 Å². The lowest BCUT2D eigenvalue weighted by molar-refractivity contribution is -0.104. The van der Waals surface area contributed by atoms with Crippen LogP contribution in [-0.2, 0) is 4.79 Å². The summed E-state index contributed by atoms with van der Waals surface area (Å²) in [5.74, 6) is 1.29. The van der Waals surface area contributed by atoms with E-state index in [0.717, 1.165) is 50.4 Å². The zero-order valence-electron chi connectivity index (χ0n) is 15.0. The third kappa shape index (κ3) is 3.18. The maximum atomic E-state index is 10.7. The van der Waals surface area contributed by atoms with Gasteiger partial charge < -0.3 is 5.11 Å². The predicted molar refractivity (Wildman–Crippen MR) is 96.2 cm³/mol. The van der Waals surface area contributed by atoms with Crippen molar-refractivity contribution in [1.29, 1.82) is 0 Å². The Morgan fingerprint density at radius 2 is 2.09 bits per heavy atom. The number of aliphatic hydroxyl groups excluding tert-OH is 1. The molecule has 0 spiro atoms. The molecule has 0 aromatic heterocycles. The molecule has 4 atom stereocenters. The molecular formula is C21H32O2. The van der Waals surface area contributed by atoms with Gasteiger partial charge in [0.05, 0.1) is 5.76 Å². The van der Waals surface area contributed by atoms with Gasteiger partial charge in [-0.15, -0.1) is 0 Å². The third-order valence-electron chi connectivity index (χ3n) is 6.86. The number of carbonyl (C=O) groups excluding carboxylic acids is 1. The average Bonchev–Trinajstić information content (AvgIpc) is 2.46.